The summed E-state index contributed by atoms with van der Waals surface area (Å²) in [6.45, 7) is 6.90. The van der Waals surface area contributed by atoms with Crippen LogP contribution in [-0.2, 0) is 4.79 Å². The van der Waals surface area contributed by atoms with Crippen molar-refractivity contribution in [2.75, 3.05) is 26.8 Å². The number of hydrogen-bond donors (Lipinski definition) is 2. The third kappa shape index (κ3) is 6.03. The maximum absolute atomic E-state index is 12.0. The minimum atomic E-state index is -0.223. The molecule has 0 radical (unpaired) electrons. The van der Waals surface area contributed by atoms with Crippen LogP contribution in [0, 0.1) is 5.92 Å². The van der Waals surface area contributed by atoms with E-state index in [9.17, 15) is 9.59 Å². The third-order valence-electron chi connectivity index (χ3n) is 2.78. The van der Waals surface area contributed by atoms with E-state index in [2.05, 4.69) is 24.5 Å². The van der Waals surface area contributed by atoms with Crippen molar-refractivity contribution < 1.29 is 19.1 Å². The fraction of sp³-hybridized carbons (Fsp3) is 0.500. The van der Waals surface area contributed by atoms with Gasteiger partial charge in [0.2, 0.25) is 5.91 Å². The average Bonchev–Trinajstić information content (AvgIpc) is 2.48. The van der Waals surface area contributed by atoms with E-state index in [1.54, 1.807) is 18.2 Å². The lowest BCUT2D eigenvalue weighted by molar-refractivity contribution is -0.118. The number of methoxy groups -OCH3 is 1. The van der Waals surface area contributed by atoms with Crippen LogP contribution in [0.25, 0.3) is 0 Å². The summed E-state index contributed by atoms with van der Waals surface area (Å²) >= 11 is 0. The summed E-state index contributed by atoms with van der Waals surface area (Å²) < 4.78 is 10.9. The van der Waals surface area contributed by atoms with Gasteiger partial charge in [0.1, 0.15) is 0 Å². The van der Waals surface area contributed by atoms with Gasteiger partial charge >= 0.3 is 0 Å². The predicted molar refractivity (Wildman–Crippen MR) is 84.3 cm³/mol. The molecule has 0 aliphatic heterocycles. The van der Waals surface area contributed by atoms with Crippen molar-refractivity contribution in [3.8, 4) is 11.5 Å². The zero-order chi connectivity index (χ0) is 16.5. The number of carbonyl (C=O) groups excluding carboxylic acids is 2. The molecular weight excluding hydrogens is 284 g/mol. The summed E-state index contributed by atoms with van der Waals surface area (Å²) in [5, 5.41) is 5.34. The van der Waals surface area contributed by atoms with Crippen molar-refractivity contribution in [2.24, 2.45) is 5.92 Å². The Morgan fingerprint density at radius 2 is 1.82 bits per heavy atom. The highest BCUT2D eigenvalue weighted by atomic mass is 16.5. The van der Waals surface area contributed by atoms with Gasteiger partial charge in [-0.25, -0.2) is 0 Å². The van der Waals surface area contributed by atoms with E-state index in [-0.39, 0.29) is 11.8 Å². The van der Waals surface area contributed by atoms with Gasteiger partial charge in [0, 0.05) is 25.6 Å². The molecule has 2 N–H and O–H groups in total. The van der Waals surface area contributed by atoms with Crippen LogP contribution in [0.2, 0.25) is 0 Å². The summed E-state index contributed by atoms with van der Waals surface area (Å²) in [6.07, 6.45) is 0. The van der Waals surface area contributed by atoms with Crippen LogP contribution in [0.4, 0.5) is 0 Å². The minimum Gasteiger partial charge on any atom is -0.493 e. The van der Waals surface area contributed by atoms with Crippen LogP contribution in [0.1, 0.15) is 31.1 Å². The lowest BCUT2D eigenvalue weighted by Crippen LogP contribution is -2.33. The molecule has 2 amide bonds. The van der Waals surface area contributed by atoms with Crippen LogP contribution in [0.5, 0.6) is 11.5 Å². The normalized spacial score (nSPS) is 10.2. The molecule has 1 rings (SSSR count). The standard InChI is InChI=1S/C16H24N2O4/c1-11(2)10-22-14-6-5-13(9-15(14)21-4)16(20)18-8-7-17-12(3)19/h5-6,9,11H,7-8,10H2,1-4H3,(H,17,19)(H,18,20). The number of ether oxygens (including phenoxy) is 2. The highest BCUT2D eigenvalue weighted by Gasteiger charge is 2.11. The second-order valence-electron chi connectivity index (χ2n) is 5.31. The Kier molecular flexibility index (Phi) is 7.22. The van der Waals surface area contributed by atoms with Crippen molar-refractivity contribution in [2.45, 2.75) is 20.8 Å². The molecule has 6 nitrogen and oxygen atoms in total. The van der Waals surface area contributed by atoms with Gasteiger partial charge in [0.15, 0.2) is 11.5 Å². The second kappa shape index (κ2) is 8.92. The topological polar surface area (TPSA) is 76.7 Å². The number of benzene rings is 1. The fourth-order valence-electron chi connectivity index (χ4n) is 1.70. The van der Waals surface area contributed by atoms with Gasteiger partial charge in [-0.05, 0) is 24.1 Å². The van der Waals surface area contributed by atoms with E-state index in [0.717, 1.165) is 0 Å². The molecule has 1 aromatic carbocycles. The predicted octanol–water partition coefficient (Wildman–Crippen LogP) is 1.60. The second-order valence-corrected chi connectivity index (χ2v) is 5.31. The highest BCUT2D eigenvalue weighted by Crippen LogP contribution is 2.28. The van der Waals surface area contributed by atoms with Crippen LogP contribution in [0.15, 0.2) is 18.2 Å². The first-order valence-corrected chi connectivity index (χ1v) is 7.27. The van der Waals surface area contributed by atoms with Crippen molar-refractivity contribution in [3.05, 3.63) is 23.8 Å². The Morgan fingerprint density at radius 3 is 2.41 bits per heavy atom. The molecule has 0 aromatic heterocycles. The summed E-state index contributed by atoms with van der Waals surface area (Å²) in [5.74, 6) is 1.20. The van der Waals surface area contributed by atoms with Gasteiger partial charge in [-0.1, -0.05) is 13.8 Å². The number of carbonyl (C=O) groups is 2. The Balaban J connectivity index is 2.63. The van der Waals surface area contributed by atoms with E-state index in [4.69, 9.17) is 9.47 Å². The molecule has 0 saturated carbocycles. The molecule has 0 atom stereocenters. The number of hydrogen-bond acceptors (Lipinski definition) is 4. The van der Waals surface area contributed by atoms with Crippen LogP contribution in [-0.4, -0.2) is 38.6 Å². The fourth-order valence-corrected chi connectivity index (χ4v) is 1.70. The molecule has 0 aliphatic rings. The molecule has 122 valence electrons. The first kappa shape index (κ1) is 17.8. The molecular formula is C16H24N2O4. The summed E-state index contributed by atoms with van der Waals surface area (Å²) in [7, 11) is 1.54. The molecule has 0 bridgehead atoms. The highest BCUT2D eigenvalue weighted by molar-refractivity contribution is 5.94. The molecule has 0 fully saturated rings. The van der Waals surface area contributed by atoms with Crippen molar-refractivity contribution in [3.63, 3.8) is 0 Å². The molecule has 0 unspecified atom stereocenters. The lowest BCUT2D eigenvalue weighted by Gasteiger charge is -2.13. The van der Waals surface area contributed by atoms with E-state index >= 15 is 0 Å². The first-order chi connectivity index (χ1) is 10.4. The summed E-state index contributed by atoms with van der Waals surface area (Å²) in [5.41, 5.74) is 0.483. The molecule has 0 saturated heterocycles. The minimum absolute atomic E-state index is 0.123. The maximum Gasteiger partial charge on any atom is 0.251 e. The van der Waals surface area contributed by atoms with Gasteiger partial charge in [-0.15, -0.1) is 0 Å². The smallest absolute Gasteiger partial charge is 0.251 e. The van der Waals surface area contributed by atoms with E-state index in [1.807, 2.05) is 0 Å². The number of rotatable bonds is 8. The Morgan fingerprint density at radius 1 is 1.14 bits per heavy atom. The maximum atomic E-state index is 12.0. The van der Waals surface area contributed by atoms with Gasteiger partial charge in [-0.2, -0.15) is 0 Å². The van der Waals surface area contributed by atoms with E-state index in [1.165, 1.54) is 14.0 Å². The van der Waals surface area contributed by atoms with Crippen LogP contribution < -0.4 is 20.1 Å². The molecule has 0 spiro atoms. The Labute approximate surface area is 131 Å². The largest absolute Gasteiger partial charge is 0.493 e. The number of nitrogens with one attached hydrogen (secondary N) is 2. The van der Waals surface area contributed by atoms with Crippen molar-refractivity contribution >= 4 is 11.8 Å². The Hall–Kier alpha value is -2.24. The van der Waals surface area contributed by atoms with E-state index < -0.39 is 0 Å². The number of amides is 2. The SMILES string of the molecule is COc1cc(C(=O)NCCNC(C)=O)ccc1OCC(C)C. The van der Waals surface area contributed by atoms with Crippen molar-refractivity contribution in [1.29, 1.82) is 0 Å². The average molecular weight is 308 g/mol. The Bertz CT molecular complexity index is 515. The van der Waals surface area contributed by atoms with Gasteiger partial charge in [0.05, 0.1) is 13.7 Å². The third-order valence-corrected chi connectivity index (χ3v) is 2.78. The van der Waals surface area contributed by atoms with Gasteiger partial charge < -0.3 is 20.1 Å². The van der Waals surface area contributed by atoms with Gasteiger partial charge in [-0.3, -0.25) is 9.59 Å². The van der Waals surface area contributed by atoms with Gasteiger partial charge in [0.25, 0.3) is 5.91 Å². The molecule has 0 aliphatic carbocycles. The zero-order valence-electron chi connectivity index (χ0n) is 13.6. The lowest BCUT2D eigenvalue weighted by atomic mass is 10.2. The van der Waals surface area contributed by atoms with Crippen molar-refractivity contribution in [1.82, 2.24) is 10.6 Å². The zero-order valence-corrected chi connectivity index (χ0v) is 13.6. The first-order valence-electron chi connectivity index (χ1n) is 7.27. The molecule has 6 heteroatoms. The quantitative estimate of drug-likeness (QED) is 0.715. The monoisotopic (exact) mass is 308 g/mol. The molecule has 22 heavy (non-hydrogen) atoms. The summed E-state index contributed by atoms with van der Waals surface area (Å²) in [6, 6.07) is 5.05. The molecule has 0 heterocycles. The summed E-state index contributed by atoms with van der Waals surface area (Å²) in [4.78, 5) is 22.7. The van der Waals surface area contributed by atoms with Crippen LogP contribution in [0.3, 0.4) is 0 Å². The van der Waals surface area contributed by atoms with E-state index in [0.29, 0.717) is 42.7 Å². The van der Waals surface area contributed by atoms with Crippen LogP contribution >= 0.6 is 0 Å². The molecule has 1 aromatic rings.